The van der Waals surface area contributed by atoms with Crippen LogP contribution in [0.3, 0.4) is 0 Å². The minimum atomic E-state index is -0.926. The van der Waals surface area contributed by atoms with Gasteiger partial charge in [-0.05, 0) is 73.1 Å². The Kier molecular flexibility index (Phi) is 7.57. The van der Waals surface area contributed by atoms with Crippen molar-refractivity contribution in [3.8, 4) is 0 Å². The third-order valence-electron chi connectivity index (χ3n) is 5.76. The second-order valence-corrected chi connectivity index (χ2v) is 8.40. The first-order valence-corrected chi connectivity index (χ1v) is 10.6. The summed E-state index contributed by atoms with van der Waals surface area (Å²) in [6.45, 7) is 7.60. The van der Waals surface area contributed by atoms with E-state index in [1.54, 1.807) is 0 Å². The van der Waals surface area contributed by atoms with E-state index in [1.165, 1.54) is 30.2 Å². The van der Waals surface area contributed by atoms with E-state index in [9.17, 15) is 18.7 Å². The Labute approximate surface area is 182 Å². The molecule has 2 aromatic carbocycles. The minimum absolute atomic E-state index is 0.0855. The van der Waals surface area contributed by atoms with Crippen molar-refractivity contribution in [1.82, 2.24) is 10.6 Å². The molecule has 4 nitrogen and oxygen atoms in total. The predicted molar refractivity (Wildman–Crippen MR) is 119 cm³/mol. The number of fused-ring (bicyclic) bond motifs is 1. The number of aryl methyl sites for hydroxylation is 1. The number of rotatable bonds is 8. The van der Waals surface area contributed by atoms with Gasteiger partial charge in [0.1, 0.15) is 11.6 Å². The fourth-order valence-electron chi connectivity index (χ4n) is 4.21. The Bertz CT molecular complexity index is 940. The van der Waals surface area contributed by atoms with Crippen molar-refractivity contribution in [3.63, 3.8) is 0 Å². The van der Waals surface area contributed by atoms with Crippen molar-refractivity contribution in [3.05, 3.63) is 76.9 Å². The molecular formula is C25H30F2N2O2. The highest BCUT2D eigenvalue weighted by atomic mass is 19.1. The van der Waals surface area contributed by atoms with Gasteiger partial charge in [-0.2, -0.15) is 0 Å². The van der Waals surface area contributed by atoms with Gasteiger partial charge in [-0.25, -0.2) is 8.78 Å². The molecule has 3 N–H and O–H groups in total. The largest absolute Gasteiger partial charge is 0.390 e. The van der Waals surface area contributed by atoms with Crippen LogP contribution >= 0.6 is 0 Å². The number of halogens is 2. The number of hydrogen-bond donors (Lipinski definition) is 3. The van der Waals surface area contributed by atoms with Crippen LogP contribution in [0, 0.1) is 11.6 Å². The molecule has 166 valence electrons. The van der Waals surface area contributed by atoms with Crippen molar-refractivity contribution in [2.75, 3.05) is 6.54 Å². The zero-order valence-electron chi connectivity index (χ0n) is 18.1. The van der Waals surface area contributed by atoms with Gasteiger partial charge in [0, 0.05) is 25.6 Å². The van der Waals surface area contributed by atoms with Crippen LogP contribution in [0.2, 0.25) is 0 Å². The van der Waals surface area contributed by atoms with Crippen LogP contribution < -0.4 is 10.6 Å². The van der Waals surface area contributed by atoms with Crippen LogP contribution in [0.4, 0.5) is 8.78 Å². The lowest BCUT2D eigenvalue weighted by Crippen LogP contribution is -2.48. The molecule has 0 aliphatic heterocycles. The van der Waals surface area contributed by atoms with Gasteiger partial charge in [-0.1, -0.05) is 24.3 Å². The van der Waals surface area contributed by atoms with Gasteiger partial charge in [0.25, 0.3) is 0 Å². The van der Waals surface area contributed by atoms with Gasteiger partial charge < -0.3 is 15.7 Å². The number of aliphatic hydroxyl groups excluding tert-OH is 1. The third kappa shape index (κ3) is 6.21. The summed E-state index contributed by atoms with van der Waals surface area (Å²) in [5.74, 6) is -1.68. The Morgan fingerprint density at radius 3 is 2.55 bits per heavy atom. The maximum Gasteiger partial charge on any atom is 0.217 e. The second-order valence-electron chi connectivity index (χ2n) is 8.40. The standard InChI is InChI=1S/C25H30F2N2O2/c1-15(2)19-8-7-18-5-4-6-23(22(18)12-19)28-14-25(31)24(29-16(3)30)11-17-9-20(26)13-21(27)10-17/h7-10,12-13,23-25,28,31H,1,4-6,11,14H2,2-3H3,(H,29,30)/t23-,24-,25+/m0/s1. The maximum absolute atomic E-state index is 13.6. The van der Waals surface area contributed by atoms with Crippen molar-refractivity contribution < 1.29 is 18.7 Å². The summed E-state index contributed by atoms with van der Waals surface area (Å²) < 4.78 is 27.1. The number of benzene rings is 2. The van der Waals surface area contributed by atoms with Gasteiger partial charge in [-0.15, -0.1) is 0 Å². The normalized spacial score (nSPS) is 17.5. The van der Waals surface area contributed by atoms with Gasteiger partial charge in [0.2, 0.25) is 5.91 Å². The summed E-state index contributed by atoms with van der Waals surface area (Å²) in [6, 6.07) is 9.03. The summed E-state index contributed by atoms with van der Waals surface area (Å²) in [6.07, 6.45) is 2.21. The summed E-state index contributed by atoms with van der Waals surface area (Å²) in [4.78, 5) is 11.7. The van der Waals surface area contributed by atoms with Crippen LogP contribution in [-0.2, 0) is 17.6 Å². The molecule has 2 aromatic rings. The Morgan fingerprint density at radius 1 is 1.19 bits per heavy atom. The molecule has 1 aliphatic carbocycles. The third-order valence-corrected chi connectivity index (χ3v) is 5.76. The number of hydrogen-bond acceptors (Lipinski definition) is 3. The van der Waals surface area contributed by atoms with E-state index in [0.717, 1.165) is 36.5 Å². The SMILES string of the molecule is C=C(C)c1ccc2c(c1)[C@@H](NC[C@@H](O)[C@H](Cc1cc(F)cc(F)c1)NC(C)=O)CCC2. The van der Waals surface area contributed by atoms with Crippen LogP contribution in [0.15, 0.2) is 43.0 Å². The van der Waals surface area contributed by atoms with Crippen molar-refractivity contribution in [1.29, 1.82) is 0 Å². The topological polar surface area (TPSA) is 61.4 Å². The molecule has 0 saturated heterocycles. The van der Waals surface area contributed by atoms with Crippen LogP contribution in [0.1, 0.15) is 55.0 Å². The first-order valence-electron chi connectivity index (χ1n) is 10.6. The van der Waals surface area contributed by atoms with Gasteiger partial charge in [-0.3, -0.25) is 4.79 Å². The highest BCUT2D eigenvalue weighted by Gasteiger charge is 2.25. The number of carbonyl (C=O) groups excluding carboxylic acids is 1. The summed E-state index contributed by atoms with van der Waals surface area (Å²) in [5.41, 5.74) is 4.97. The zero-order chi connectivity index (χ0) is 22.5. The molecule has 1 aliphatic rings. The summed E-state index contributed by atoms with van der Waals surface area (Å²) >= 11 is 0. The zero-order valence-corrected chi connectivity index (χ0v) is 18.1. The number of amides is 1. The molecule has 0 unspecified atom stereocenters. The smallest absolute Gasteiger partial charge is 0.217 e. The summed E-state index contributed by atoms with van der Waals surface area (Å²) in [7, 11) is 0. The van der Waals surface area contributed by atoms with E-state index in [4.69, 9.17) is 0 Å². The number of allylic oxidation sites excluding steroid dienone is 1. The van der Waals surface area contributed by atoms with E-state index < -0.39 is 23.8 Å². The molecule has 3 rings (SSSR count). The number of nitrogens with one attached hydrogen (secondary N) is 2. The quantitative estimate of drug-likeness (QED) is 0.594. The monoisotopic (exact) mass is 428 g/mol. The molecule has 0 radical (unpaired) electrons. The van der Waals surface area contributed by atoms with E-state index in [2.05, 4.69) is 35.4 Å². The van der Waals surface area contributed by atoms with Crippen LogP contribution in [0.5, 0.6) is 0 Å². The summed E-state index contributed by atoms with van der Waals surface area (Å²) in [5, 5.41) is 16.9. The van der Waals surface area contributed by atoms with E-state index >= 15 is 0 Å². The highest BCUT2D eigenvalue weighted by molar-refractivity contribution is 5.73. The lowest BCUT2D eigenvalue weighted by Gasteiger charge is -2.30. The molecule has 0 heterocycles. The molecular weight excluding hydrogens is 398 g/mol. The van der Waals surface area contributed by atoms with Gasteiger partial charge in [0.05, 0.1) is 12.1 Å². The minimum Gasteiger partial charge on any atom is -0.390 e. The van der Waals surface area contributed by atoms with E-state index in [1.807, 2.05) is 6.92 Å². The highest BCUT2D eigenvalue weighted by Crippen LogP contribution is 2.31. The predicted octanol–water partition coefficient (Wildman–Crippen LogP) is 4.07. The van der Waals surface area contributed by atoms with Crippen molar-refractivity contribution in [2.24, 2.45) is 0 Å². The molecule has 0 fully saturated rings. The molecule has 6 heteroatoms. The molecule has 3 atom stereocenters. The lowest BCUT2D eigenvalue weighted by molar-refractivity contribution is -0.120. The first-order chi connectivity index (χ1) is 14.7. The molecule has 0 saturated carbocycles. The van der Waals surface area contributed by atoms with Crippen LogP contribution in [0.25, 0.3) is 5.57 Å². The first kappa shape index (κ1) is 23.1. The lowest BCUT2D eigenvalue weighted by atomic mass is 9.85. The fraction of sp³-hybridized carbons (Fsp3) is 0.400. The molecule has 0 bridgehead atoms. The fourth-order valence-corrected chi connectivity index (χ4v) is 4.21. The molecule has 0 spiro atoms. The Hall–Kier alpha value is -2.57. The molecule has 31 heavy (non-hydrogen) atoms. The van der Waals surface area contributed by atoms with Gasteiger partial charge >= 0.3 is 0 Å². The van der Waals surface area contributed by atoms with Gasteiger partial charge in [0.15, 0.2) is 0 Å². The van der Waals surface area contributed by atoms with E-state index in [-0.39, 0.29) is 24.9 Å². The van der Waals surface area contributed by atoms with Crippen molar-refractivity contribution >= 4 is 11.5 Å². The Morgan fingerprint density at radius 2 is 1.90 bits per heavy atom. The number of aliphatic hydroxyl groups is 1. The van der Waals surface area contributed by atoms with Crippen LogP contribution in [-0.4, -0.2) is 29.7 Å². The van der Waals surface area contributed by atoms with E-state index in [0.29, 0.717) is 5.56 Å². The maximum atomic E-state index is 13.6. The number of carbonyl (C=O) groups is 1. The Balaban J connectivity index is 1.71. The molecule has 0 aromatic heterocycles. The van der Waals surface area contributed by atoms with Crippen molar-refractivity contribution in [2.45, 2.75) is 57.7 Å². The average Bonchev–Trinajstić information content (AvgIpc) is 2.70. The molecule has 1 amide bonds. The second kappa shape index (κ2) is 10.2. The average molecular weight is 429 g/mol.